The molecule has 4 heteroatoms. The lowest BCUT2D eigenvalue weighted by Crippen LogP contribution is -2.44. The molecule has 0 radical (unpaired) electrons. The molecule has 0 amide bonds. The SMILES string of the molecule is C#CC(=O)c1ccccc1.C=C(C)C(=C)C.CC1=C(C)CC2(C(=O)c3ccccc3)CC(C)=C(C)CC2C1.[CH3][Al]([CH3])[Cl]. The van der Waals surface area contributed by atoms with Gasteiger partial charge in [0.05, 0.1) is 0 Å². The van der Waals surface area contributed by atoms with E-state index in [2.05, 4.69) is 52.4 Å². The van der Waals surface area contributed by atoms with Crippen molar-refractivity contribution in [2.45, 2.75) is 78.8 Å². The number of carbonyl (C=O) groups excluding carboxylic acids is 2. The molecule has 42 heavy (non-hydrogen) atoms. The van der Waals surface area contributed by atoms with E-state index in [1.807, 2.05) is 56.2 Å². The number of rotatable bonds is 4. The number of Topliss-reactive ketones (excluding diaryl/α,β-unsaturated/α-hetero) is 2. The average Bonchev–Trinajstić information content (AvgIpc) is 2.95. The smallest absolute Gasteiger partial charge is 0.294 e. The van der Waals surface area contributed by atoms with Gasteiger partial charge in [-0.05, 0) is 79.1 Å². The van der Waals surface area contributed by atoms with E-state index in [1.54, 1.807) is 24.3 Å². The second-order valence-electron chi connectivity index (χ2n) is 11.8. The van der Waals surface area contributed by atoms with E-state index < -0.39 is 13.2 Å². The van der Waals surface area contributed by atoms with Crippen molar-refractivity contribution in [1.82, 2.24) is 0 Å². The average molecular weight is 599 g/mol. The fourth-order valence-corrected chi connectivity index (χ4v) is 5.05. The Hall–Kier alpha value is -2.88. The molecule has 0 aliphatic heterocycles. The van der Waals surface area contributed by atoms with Gasteiger partial charge in [0.1, 0.15) is 0 Å². The molecule has 222 valence electrons. The maximum absolute atomic E-state index is 13.4. The van der Waals surface area contributed by atoms with Crippen molar-refractivity contribution in [3.8, 4) is 12.3 Å². The molecule has 2 aromatic rings. The summed E-state index contributed by atoms with van der Waals surface area (Å²) in [5.74, 6) is 6.74. The quantitative estimate of drug-likeness (QED) is 0.0876. The van der Waals surface area contributed by atoms with Crippen LogP contribution in [0.5, 0.6) is 0 Å². The first-order valence-corrected chi connectivity index (χ1v) is 18.6. The van der Waals surface area contributed by atoms with Crippen LogP contribution < -0.4 is 0 Å². The van der Waals surface area contributed by atoms with Gasteiger partial charge < -0.3 is 0 Å². The third-order valence-electron chi connectivity index (χ3n) is 7.89. The van der Waals surface area contributed by atoms with Crippen molar-refractivity contribution in [3.63, 3.8) is 0 Å². The minimum absolute atomic E-state index is 0.214. The minimum atomic E-state index is -0.667. The van der Waals surface area contributed by atoms with Gasteiger partial charge in [0, 0.05) is 16.5 Å². The number of hydrogen-bond acceptors (Lipinski definition) is 2. The summed E-state index contributed by atoms with van der Waals surface area (Å²) < 4.78 is 0. The van der Waals surface area contributed by atoms with Crippen molar-refractivity contribution in [2.75, 3.05) is 0 Å². The van der Waals surface area contributed by atoms with E-state index >= 15 is 0 Å². The third-order valence-corrected chi connectivity index (χ3v) is 7.89. The summed E-state index contributed by atoms with van der Waals surface area (Å²) in [5.41, 5.74) is 9.21. The molecule has 0 bridgehead atoms. The molecule has 2 nitrogen and oxygen atoms in total. The van der Waals surface area contributed by atoms with Crippen LogP contribution in [-0.2, 0) is 0 Å². The molecule has 2 aliphatic carbocycles. The summed E-state index contributed by atoms with van der Waals surface area (Å²) in [6.45, 7) is 20.1. The van der Waals surface area contributed by atoms with E-state index in [1.165, 1.54) is 22.3 Å². The zero-order valence-corrected chi connectivity index (χ0v) is 28.9. The molecular weight excluding hydrogens is 551 g/mol. The minimum Gasteiger partial charge on any atom is -0.294 e. The van der Waals surface area contributed by atoms with Crippen LogP contribution in [0.2, 0.25) is 11.6 Å². The van der Waals surface area contributed by atoms with Gasteiger partial charge >= 0.3 is 13.2 Å². The lowest BCUT2D eigenvalue weighted by Gasteiger charge is -2.47. The van der Waals surface area contributed by atoms with Gasteiger partial charge in [0.2, 0.25) is 5.78 Å². The predicted octanol–water partition coefficient (Wildman–Crippen LogP) is 10.8. The van der Waals surface area contributed by atoms with Crippen molar-refractivity contribution in [1.29, 1.82) is 0 Å². The van der Waals surface area contributed by atoms with Gasteiger partial charge in [-0.15, -0.1) is 6.42 Å². The van der Waals surface area contributed by atoms with E-state index in [0.29, 0.717) is 17.3 Å². The Balaban J connectivity index is 0.000000363. The number of terminal acetylenes is 1. The Kier molecular flexibility index (Phi) is 15.9. The Morgan fingerprint density at radius 1 is 0.786 bits per heavy atom. The van der Waals surface area contributed by atoms with Crippen LogP contribution in [-0.4, -0.2) is 24.8 Å². The molecule has 0 N–H and O–H groups in total. The Morgan fingerprint density at radius 3 is 1.48 bits per heavy atom. The summed E-state index contributed by atoms with van der Waals surface area (Å²) in [4.78, 5) is 24.2. The molecule has 0 saturated carbocycles. The summed E-state index contributed by atoms with van der Waals surface area (Å²) in [5, 5.41) is 0. The topological polar surface area (TPSA) is 34.1 Å². The molecular formula is C38H48AlClO2. The highest BCUT2D eigenvalue weighted by Crippen LogP contribution is 2.54. The fraction of sp³-hybridized carbons (Fsp3) is 0.368. The van der Waals surface area contributed by atoms with Crippen molar-refractivity contribution in [3.05, 3.63) is 118 Å². The molecule has 2 aliphatic rings. The van der Waals surface area contributed by atoms with Crippen LogP contribution in [0.15, 0.2) is 107 Å². The summed E-state index contributed by atoms with van der Waals surface area (Å²) in [6, 6.07) is 18.7. The van der Waals surface area contributed by atoms with Crippen molar-refractivity contribution in [2.24, 2.45) is 11.3 Å². The van der Waals surface area contributed by atoms with E-state index in [0.717, 1.165) is 42.4 Å². The summed E-state index contributed by atoms with van der Waals surface area (Å²) in [6.07, 6.45) is 8.93. The van der Waals surface area contributed by atoms with Crippen molar-refractivity contribution < 1.29 is 9.59 Å². The van der Waals surface area contributed by atoms with Crippen LogP contribution >= 0.6 is 10.0 Å². The number of halogens is 1. The van der Waals surface area contributed by atoms with Crippen LogP contribution in [0.1, 0.15) is 87.9 Å². The van der Waals surface area contributed by atoms with Crippen LogP contribution in [0.4, 0.5) is 0 Å². The largest absolute Gasteiger partial charge is 0.393 e. The van der Waals surface area contributed by atoms with Gasteiger partial charge in [0.15, 0.2) is 5.78 Å². The van der Waals surface area contributed by atoms with E-state index in [4.69, 9.17) is 16.5 Å². The van der Waals surface area contributed by atoms with E-state index in [9.17, 15) is 9.59 Å². The number of hydrogen-bond donors (Lipinski definition) is 0. The summed E-state index contributed by atoms with van der Waals surface area (Å²) in [7, 11) is 5.41. The highest BCUT2D eigenvalue weighted by molar-refractivity contribution is 7.05. The maximum Gasteiger partial charge on any atom is 0.393 e. The fourth-order valence-electron chi connectivity index (χ4n) is 5.05. The lowest BCUT2D eigenvalue weighted by atomic mass is 9.55. The molecule has 0 saturated heterocycles. The molecule has 4 rings (SSSR count). The third kappa shape index (κ3) is 11.4. The lowest BCUT2D eigenvalue weighted by molar-refractivity contribution is 0.0605. The second-order valence-corrected chi connectivity index (χ2v) is 16.5. The van der Waals surface area contributed by atoms with Crippen LogP contribution in [0, 0.1) is 23.7 Å². The molecule has 0 heterocycles. The Bertz CT molecular complexity index is 1300. The maximum atomic E-state index is 13.4. The zero-order chi connectivity index (χ0) is 32.0. The Labute approximate surface area is 264 Å². The standard InChI is InChI=1S/C21H26O.C9H6O.C6H10.2CH3.Al.ClH/c1-14-10-19-11-15(2)17(4)13-21(19,12-16(14)3)20(22)18-8-6-5-7-9-18;1-2-9(10)8-6-4-3-5-7-8;1-5(2)6(3)4;;;;/h5-9,19H,10-13H2,1-4H3;1,3-7H;1,3H2,2,4H3;2*1H3;;1H/q;;;;;+1;/p-1. The van der Waals surface area contributed by atoms with Gasteiger partial charge in [-0.1, -0.05) is 119 Å². The number of ketones is 2. The van der Waals surface area contributed by atoms with Gasteiger partial charge in [0.25, 0.3) is 0 Å². The number of allylic oxidation sites excluding steroid dienone is 6. The number of fused-ring (bicyclic) bond motifs is 1. The molecule has 0 aromatic heterocycles. The zero-order valence-electron chi connectivity index (χ0n) is 26.9. The normalized spacial score (nSPS) is 18.7. The highest BCUT2D eigenvalue weighted by Gasteiger charge is 2.49. The molecule has 2 aromatic carbocycles. The van der Waals surface area contributed by atoms with Gasteiger partial charge in [-0.2, -0.15) is 0 Å². The summed E-state index contributed by atoms with van der Waals surface area (Å²) >= 11 is -0.667. The van der Waals surface area contributed by atoms with Gasteiger partial charge in [-0.3, -0.25) is 19.6 Å². The van der Waals surface area contributed by atoms with Crippen LogP contribution in [0.25, 0.3) is 0 Å². The van der Waals surface area contributed by atoms with Crippen molar-refractivity contribution >= 4 is 34.8 Å². The van der Waals surface area contributed by atoms with E-state index in [-0.39, 0.29) is 11.2 Å². The first-order valence-electron chi connectivity index (χ1n) is 14.6. The number of benzene rings is 2. The van der Waals surface area contributed by atoms with Crippen LogP contribution in [0.3, 0.4) is 0 Å². The predicted molar refractivity (Wildman–Crippen MR) is 184 cm³/mol. The Morgan fingerprint density at radius 2 is 1.14 bits per heavy atom. The molecule has 0 unspecified atom stereocenters. The first kappa shape index (κ1) is 37.1. The monoisotopic (exact) mass is 598 g/mol. The molecule has 0 fully saturated rings. The number of carbonyl (C=O) groups is 2. The van der Waals surface area contributed by atoms with Gasteiger partial charge in [-0.25, -0.2) is 0 Å². The molecule has 0 atom stereocenters. The second kappa shape index (κ2) is 17.9. The molecule has 0 spiro atoms. The highest BCUT2D eigenvalue weighted by atomic mass is 35.6. The first-order chi connectivity index (χ1) is 19.7.